The maximum Gasteiger partial charge on any atom is 0.333 e. The molecule has 0 bridgehead atoms. The van der Waals surface area contributed by atoms with Crippen molar-refractivity contribution in [3.63, 3.8) is 0 Å². The summed E-state index contributed by atoms with van der Waals surface area (Å²) in [5.41, 5.74) is -0.249. The molecule has 3 aromatic heterocycles. The van der Waals surface area contributed by atoms with E-state index in [2.05, 4.69) is 26.1 Å². The van der Waals surface area contributed by atoms with Crippen LogP contribution in [0.3, 0.4) is 0 Å². The van der Waals surface area contributed by atoms with Gasteiger partial charge in [-0.3, -0.25) is 9.36 Å². The highest BCUT2D eigenvalue weighted by atomic mass is 79.9. The zero-order chi connectivity index (χ0) is 31.9. The van der Waals surface area contributed by atoms with Crippen molar-refractivity contribution in [2.24, 2.45) is 0 Å². The first kappa shape index (κ1) is 32.5. The number of hydrogen-bond acceptors (Lipinski definition) is 9. The first-order valence-electron chi connectivity index (χ1n) is 13.7. The molecular weight excluding hydrogens is 648 g/mol. The van der Waals surface area contributed by atoms with Crippen molar-refractivity contribution in [2.75, 3.05) is 6.61 Å². The van der Waals surface area contributed by atoms with E-state index in [0.29, 0.717) is 33.7 Å². The minimum Gasteiger partial charge on any atom is -0.459 e. The molecular formula is C31H31BrN6O5S. The van der Waals surface area contributed by atoms with Gasteiger partial charge in [0.1, 0.15) is 22.0 Å². The van der Waals surface area contributed by atoms with Crippen LogP contribution in [-0.2, 0) is 34.6 Å². The average molecular weight is 680 g/mol. The molecule has 2 aromatic carbocycles. The van der Waals surface area contributed by atoms with Crippen molar-refractivity contribution < 1.29 is 14.6 Å². The number of benzene rings is 2. The van der Waals surface area contributed by atoms with E-state index in [9.17, 15) is 14.4 Å². The number of aliphatic hydroxyl groups excluding tert-OH is 1. The Balaban J connectivity index is 0.000000818. The lowest BCUT2D eigenvalue weighted by Crippen LogP contribution is -2.53. The number of ether oxygens (including phenoxy) is 1. The van der Waals surface area contributed by atoms with Gasteiger partial charge >= 0.3 is 11.7 Å². The highest BCUT2D eigenvalue weighted by Gasteiger charge is 2.37. The van der Waals surface area contributed by atoms with Gasteiger partial charge in [-0.25, -0.2) is 14.2 Å². The van der Waals surface area contributed by atoms with E-state index in [0.717, 1.165) is 20.2 Å². The van der Waals surface area contributed by atoms with Crippen LogP contribution in [0.25, 0.3) is 15.2 Å². The number of esters is 1. The highest BCUT2D eigenvalue weighted by Crippen LogP contribution is 2.31. The molecule has 0 aliphatic heterocycles. The normalized spacial score (nSPS) is 11.1. The summed E-state index contributed by atoms with van der Waals surface area (Å²) in [6.45, 7) is 5.17. The number of aryl methyl sites for hydroxylation is 3. The Morgan fingerprint density at radius 3 is 2.36 bits per heavy atom. The molecule has 0 spiro atoms. The van der Waals surface area contributed by atoms with E-state index in [1.165, 1.54) is 30.0 Å². The second-order valence-corrected chi connectivity index (χ2v) is 12.0. The number of carbonyl (C=O) groups is 1. The molecule has 0 aliphatic carbocycles. The summed E-state index contributed by atoms with van der Waals surface area (Å²) in [5.74, 6) is -0.677. The molecule has 44 heavy (non-hydrogen) atoms. The smallest absolute Gasteiger partial charge is 0.333 e. The molecule has 13 heteroatoms. The van der Waals surface area contributed by atoms with Gasteiger partial charge in [0.25, 0.3) is 5.56 Å². The van der Waals surface area contributed by atoms with E-state index in [-0.39, 0.29) is 19.6 Å². The lowest BCUT2D eigenvalue weighted by Gasteiger charge is -2.26. The van der Waals surface area contributed by atoms with Crippen LogP contribution in [0.4, 0.5) is 0 Å². The first-order chi connectivity index (χ1) is 21.1. The van der Waals surface area contributed by atoms with Crippen molar-refractivity contribution in [2.45, 2.75) is 52.3 Å². The van der Waals surface area contributed by atoms with Crippen molar-refractivity contribution in [3.05, 3.63) is 109 Å². The molecule has 0 saturated carbocycles. The maximum atomic E-state index is 14.0. The van der Waals surface area contributed by atoms with Gasteiger partial charge in [0.2, 0.25) is 0 Å². The standard InChI is InChI=1S/C28H26BrN5O4S.C3H5NO/c1-18-22-23(35)33(28(2,3)26(36)38-17-19-9-5-4-6-10-19)27(37)32(16-13-20-11-7-8-12-21(20)29)25(22)39-24(18)34-30-14-15-31-34;4-2-1-3-5/h4-12,14-15H,13,16-17H2,1-3H3;5H,1,3H2. The van der Waals surface area contributed by atoms with Gasteiger partial charge in [0.05, 0.1) is 36.9 Å². The van der Waals surface area contributed by atoms with Crippen molar-refractivity contribution in [3.8, 4) is 11.1 Å². The summed E-state index contributed by atoms with van der Waals surface area (Å²) in [5, 5.41) is 24.9. The van der Waals surface area contributed by atoms with Crippen LogP contribution in [-0.4, -0.2) is 41.8 Å². The van der Waals surface area contributed by atoms with Crippen LogP contribution in [0, 0.1) is 18.3 Å². The Labute approximate surface area is 265 Å². The lowest BCUT2D eigenvalue weighted by atomic mass is 10.1. The predicted molar refractivity (Wildman–Crippen MR) is 171 cm³/mol. The number of fused-ring (bicyclic) bond motifs is 1. The number of halogens is 1. The van der Waals surface area contributed by atoms with Crippen LogP contribution in [0.5, 0.6) is 0 Å². The second kappa shape index (κ2) is 14.4. The Morgan fingerprint density at radius 1 is 1.09 bits per heavy atom. The number of nitriles is 1. The molecule has 0 aliphatic rings. The third-order valence-corrected chi connectivity index (χ3v) is 8.90. The first-order valence-corrected chi connectivity index (χ1v) is 15.3. The zero-order valence-electron chi connectivity index (χ0n) is 24.4. The number of aromatic nitrogens is 5. The third kappa shape index (κ3) is 6.88. The Hall–Kier alpha value is -4.38. The summed E-state index contributed by atoms with van der Waals surface area (Å²) >= 11 is 4.84. The molecule has 0 amide bonds. The molecule has 5 rings (SSSR count). The van der Waals surface area contributed by atoms with E-state index >= 15 is 0 Å². The van der Waals surface area contributed by atoms with Crippen LogP contribution >= 0.6 is 27.3 Å². The fraction of sp³-hybridized carbons (Fsp3) is 0.290. The van der Waals surface area contributed by atoms with Gasteiger partial charge in [0.15, 0.2) is 0 Å². The number of carbonyl (C=O) groups excluding carboxylic acids is 1. The number of aliphatic hydroxyl groups is 1. The molecule has 0 radical (unpaired) electrons. The molecule has 1 N–H and O–H groups in total. The quantitative estimate of drug-likeness (QED) is 0.225. The summed E-state index contributed by atoms with van der Waals surface area (Å²) in [7, 11) is 0. The summed E-state index contributed by atoms with van der Waals surface area (Å²) in [4.78, 5) is 43.2. The van der Waals surface area contributed by atoms with Crippen molar-refractivity contribution in [1.29, 1.82) is 5.26 Å². The largest absolute Gasteiger partial charge is 0.459 e. The number of thiophene rings is 1. The summed E-state index contributed by atoms with van der Waals surface area (Å²) in [6, 6.07) is 18.8. The van der Waals surface area contributed by atoms with Crippen molar-refractivity contribution >= 4 is 43.5 Å². The fourth-order valence-electron chi connectivity index (χ4n) is 4.51. The number of nitrogens with zero attached hydrogens (tertiary/aromatic N) is 6. The second-order valence-electron chi connectivity index (χ2n) is 10.2. The van der Waals surface area contributed by atoms with Gasteiger partial charge in [0, 0.05) is 16.6 Å². The summed E-state index contributed by atoms with van der Waals surface area (Å²) in [6.07, 6.45) is 3.88. The monoisotopic (exact) mass is 678 g/mol. The molecule has 0 fully saturated rings. The SMILES string of the molecule is Cc1c(-n2nccn2)sc2c1c(=O)n(C(C)(C)C(=O)OCc1ccccc1)c(=O)n2CCc1ccccc1Br.N#CCCO. The van der Waals surface area contributed by atoms with Crippen molar-refractivity contribution in [1.82, 2.24) is 24.1 Å². The van der Waals surface area contributed by atoms with E-state index in [4.69, 9.17) is 15.1 Å². The average Bonchev–Trinajstić information content (AvgIpc) is 3.66. The Bertz CT molecular complexity index is 1910. The van der Waals surface area contributed by atoms with Gasteiger partial charge < -0.3 is 9.84 Å². The lowest BCUT2D eigenvalue weighted by molar-refractivity contribution is -0.154. The zero-order valence-corrected chi connectivity index (χ0v) is 26.8. The maximum absolute atomic E-state index is 14.0. The number of rotatable bonds is 9. The molecule has 0 saturated heterocycles. The molecule has 0 unspecified atom stereocenters. The summed E-state index contributed by atoms with van der Waals surface area (Å²) < 4.78 is 9.08. The van der Waals surface area contributed by atoms with Crippen LogP contribution in [0.15, 0.2) is 81.1 Å². The predicted octanol–water partition coefficient (Wildman–Crippen LogP) is 4.49. The van der Waals surface area contributed by atoms with E-state index < -0.39 is 22.8 Å². The fourth-order valence-corrected chi connectivity index (χ4v) is 6.23. The Morgan fingerprint density at radius 2 is 1.75 bits per heavy atom. The molecule has 5 aromatic rings. The third-order valence-electron chi connectivity index (χ3n) is 6.85. The van der Waals surface area contributed by atoms with E-state index in [1.54, 1.807) is 30.0 Å². The van der Waals surface area contributed by atoms with E-state index in [1.807, 2.05) is 54.6 Å². The van der Waals surface area contributed by atoms with Crippen LogP contribution in [0.2, 0.25) is 0 Å². The minimum atomic E-state index is -1.56. The van der Waals surface area contributed by atoms with Crippen LogP contribution in [0.1, 0.15) is 37.0 Å². The van der Waals surface area contributed by atoms with Crippen LogP contribution < -0.4 is 11.2 Å². The number of hydrogen-bond donors (Lipinski definition) is 1. The Kier molecular flexibility index (Phi) is 10.6. The molecule has 3 heterocycles. The van der Waals surface area contributed by atoms with Gasteiger partial charge in [-0.15, -0.1) is 4.80 Å². The molecule has 0 atom stereocenters. The van der Waals surface area contributed by atoms with Gasteiger partial charge in [-0.05, 0) is 44.4 Å². The van der Waals surface area contributed by atoms with Gasteiger partial charge in [-0.2, -0.15) is 15.5 Å². The highest BCUT2D eigenvalue weighted by molar-refractivity contribution is 9.10. The molecule has 228 valence electrons. The topological polar surface area (TPSA) is 145 Å². The molecule has 11 nitrogen and oxygen atoms in total. The van der Waals surface area contributed by atoms with Gasteiger partial charge in [-0.1, -0.05) is 75.8 Å². The minimum absolute atomic E-state index is 0.0174.